The Kier molecular flexibility index (Phi) is 5.58. The molecule has 2 aliphatic heterocycles. The zero-order chi connectivity index (χ0) is 15.3. The number of hydrogen-bond donors (Lipinski definition) is 2. The van der Waals surface area contributed by atoms with Gasteiger partial charge in [0.25, 0.3) is 0 Å². The van der Waals surface area contributed by atoms with Crippen LogP contribution in [0.15, 0.2) is 0 Å². The van der Waals surface area contributed by atoms with Gasteiger partial charge in [-0.2, -0.15) is 0 Å². The molecule has 2 atom stereocenters. The fourth-order valence-electron chi connectivity index (χ4n) is 3.26. The van der Waals surface area contributed by atoms with Crippen molar-refractivity contribution in [3.63, 3.8) is 0 Å². The number of piperidine rings is 1. The summed E-state index contributed by atoms with van der Waals surface area (Å²) in [6, 6.07) is -0.489. The molecule has 2 fully saturated rings. The first kappa shape index (κ1) is 16.2. The maximum atomic E-state index is 13.1. The highest BCUT2D eigenvalue weighted by Crippen LogP contribution is 2.33. The molecule has 2 saturated heterocycles. The lowest BCUT2D eigenvalue weighted by atomic mass is 9.76. The van der Waals surface area contributed by atoms with E-state index in [-0.39, 0.29) is 17.2 Å². The van der Waals surface area contributed by atoms with E-state index in [1.807, 2.05) is 6.92 Å². The van der Waals surface area contributed by atoms with Gasteiger partial charge in [-0.05, 0) is 32.7 Å². The Morgan fingerprint density at radius 1 is 1.43 bits per heavy atom. The topological polar surface area (TPSA) is 70.7 Å². The van der Waals surface area contributed by atoms with Crippen LogP contribution in [0.2, 0.25) is 0 Å². The minimum absolute atomic E-state index is 0.108. The van der Waals surface area contributed by atoms with E-state index in [9.17, 15) is 9.59 Å². The van der Waals surface area contributed by atoms with Crippen molar-refractivity contribution in [3.8, 4) is 0 Å². The van der Waals surface area contributed by atoms with Crippen LogP contribution >= 0.6 is 0 Å². The van der Waals surface area contributed by atoms with Gasteiger partial charge in [-0.1, -0.05) is 6.92 Å². The molecular formula is C15H27N3O3. The van der Waals surface area contributed by atoms with Gasteiger partial charge >= 0.3 is 0 Å². The number of nitrogens with one attached hydrogen (secondary N) is 2. The zero-order valence-corrected chi connectivity index (χ0v) is 13.1. The first-order chi connectivity index (χ1) is 10.1. The smallest absolute Gasteiger partial charge is 0.245 e. The molecule has 2 aliphatic rings. The number of ether oxygens (including phenoxy) is 1. The van der Waals surface area contributed by atoms with Crippen LogP contribution in [0.25, 0.3) is 0 Å². The molecule has 2 amide bonds. The summed E-state index contributed by atoms with van der Waals surface area (Å²) in [4.78, 5) is 27.0. The lowest BCUT2D eigenvalue weighted by Crippen LogP contribution is -2.61. The summed E-state index contributed by atoms with van der Waals surface area (Å²) in [6.07, 6.45) is 2.71. The minimum Gasteiger partial charge on any atom is -0.377 e. The second-order valence-corrected chi connectivity index (χ2v) is 5.90. The molecule has 0 bridgehead atoms. The summed E-state index contributed by atoms with van der Waals surface area (Å²) in [6.45, 7) is 7.50. The molecule has 2 rings (SSSR count). The Balaban J connectivity index is 2.15. The van der Waals surface area contributed by atoms with Crippen molar-refractivity contribution in [1.29, 1.82) is 0 Å². The summed E-state index contributed by atoms with van der Waals surface area (Å²) >= 11 is 0. The summed E-state index contributed by atoms with van der Waals surface area (Å²) in [7, 11) is 0. The van der Waals surface area contributed by atoms with E-state index >= 15 is 0 Å². The molecule has 0 aliphatic carbocycles. The molecule has 0 aromatic heterocycles. The number of nitrogens with zero attached hydrogens (tertiary/aromatic N) is 1. The van der Waals surface area contributed by atoms with Gasteiger partial charge in [0.1, 0.15) is 6.04 Å². The predicted octanol–water partition coefficient (Wildman–Crippen LogP) is 0.130. The molecule has 0 aromatic rings. The van der Waals surface area contributed by atoms with Gasteiger partial charge in [0.05, 0.1) is 18.6 Å². The second-order valence-electron chi connectivity index (χ2n) is 5.90. The van der Waals surface area contributed by atoms with Gasteiger partial charge in [0, 0.05) is 19.6 Å². The van der Waals surface area contributed by atoms with Gasteiger partial charge < -0.3 is 20.3 Å². The number of hydrogen-bond acceptors (Lipinski definition) is 4. The summed E-state index contributed by atoms with van der Waals surface area (Å²) in [5.74, 6) is -0.00248. The molecule has 6 heteroatoms. The second kappa shape index (κ2) is 7.22. The average Bonchev–Trinajstić information content (AvgIpc) is 2.55. The number of rotatable bonds is 4. The molecule has 21 heavy (non-hydrogen) atoms. The predicted molar refractivity (Wildman–Crippen MR) is 79.8 cm³/mol. The molecule has 6 nitrogen and oxygen atoms in total. The van der Waals surface area contributed by atoms with Gasteiger partial charge in [-0.25, -0.2) is 0 Å². The van der Waals surface area contributed by atoms with Crippen molar-refractivity contribution in [3.05, 3.63) is 0 Å². The largest absolute Gasteiger partial charge is 0.377 e. The quantitative estimate of drug-likeness (QED) is 0.774. The Labute approximate surface area is 126 Å². The van der Waals surface area contributed by atoms with E-state index in [1.54, 1.807) is 4.90 Å². The van der Waals surface area contributed by atoms with Gasteiger partial charge in [-0.15, -0.1) is 0 Å². The third kappa shape index (κ3) is 3.37. The van der Waals surface area contributed by atoms with Crippen LogP contribution < -0.4 is 10.6 Å². The van der Waals surface area contributed by atoms with Gasteiger partial charge in [0.2, 0.25) is 11.8 Å². The number of morpholine rings is 1. The van der Waals surface area contributed by atoms with Crippen LogP contribution in [0.5, 0.6) is 0 Å². The molecule has 0 spiro atoms. The number of carbonyl (C=O) groups is 2. The Morgan fingerprint density at radius 2 is 2.24 bits per heavy atom. The van der Waals surface area contributed by atoms with Crippen LogP contribution in [0, 0.1) is 5.41 Å². The van der Waals surface area contributed by atoms with Crippen molar-refractivity contribution in [1.82, 2.24) is 15.5 Å². The van der Waals surface area contributed by atoms with Gasteiger partial charge in [0.15, 0.2) is 0 Å². The SMILES string of the molecule is CCNC(=O)C1COCCN1C(=O)C1(CC)CCCNC1. The number of carbonyl (C=O) groups excluding carboxylic acids is 2. The lowest BCUT2D eigenvalue weighted by molar-refractivity contribution is -0.157. The highest BCUT2D eigenvalue weighted by atomic mass is 16.5. The summed E-state index contributed by atoms with van der Waals surface area (Å²) < 4.78 is 5.41. The number of likely N-dealkylation sites (N-methyl/N-ethyl adjacent to an activating group) is 1. The Bertz CT molecular complexity index is 380. The van der Waals surface area contributed by atoms with E-state index in [2.05, 4.69) is 17.6 Å². The highest BCUT2D eigenvalue weighted by Gasteiger charge is 2.44. The van der Waals surface area contributed by atoms with Crippen LogP contribution in [0.4, 0.5) is 0 Å². The molecule has 2 N–H and O–H groups in total. The van der Waals surface area contributed by atoms with E-state index in [4.69, 9.17) is 4.74 Å². The summed E-state index contributed by atoms with van der Waals surface area (Å²) in [5.41, 5.74) is -0.361. The van der Waals surface area contributed by atoms with Crippen molar-refractivity contribution in [2.75, 3.05) is 39.4 Å². The van der Waals surface area contributed by atoms with Crippen molar-refractivity contribution in [2.45, 2.75) is 39.2 Å². The maximum absolute atomic E-state index is 13.1. The highest BCUT2D eigenvalue weighted by molar-refractivity contribution is 5.90. The fourth-order valence-corrected chi connectivity index (χ4v) is 3.26. The normalized spacial score (nSPS) is 30.0. The first-order valence-electron chi connectivity index (χ1n) is 8.02. The summed E-state index contributed by atoms with van der Waals surface area (Å²) in [5, 5.41) is 6.14. The van der Waals surface area contributed by atoms with E-state index < -0.39 is 6.04 Å². The number of amides is 2. The van der Waals surface area contributed by atoms with Crippen LogP contribution in [-0.4, -0.2) is 62.1 Å². The van der Waals surface area contributed by atoms with Crippen molar-refractivity contribution >= 4 is 11.8 Å². The molecule has 120 valence electrons. The van der Waals surface area contributed by atoms with Gasteiger partial charge in [-0.3, -0.25) is 9.59 Å². The van der Waals surface area contributed by atoms with E-state index in [0.717, 1.165) is 25.8 Å². The van der Waals surface area contributed by atoms with Crippen LogP contribution in [0.3, 0.4) is 0 Å². The maximum Gasteiger partial charge on any atom is 0.245 e. The monoisotopic (exact) mass is 297 g/mol. The molecule has 0 saturated carbocycles. The van der Waals surface area contributed by atoms with Crippen molar-refractivity contribution in [2.24, 2.45) is 5.41 Å². The average molecular weight is 297 g/mol. The minimum atomic E-state index is -0.489. The Hall–Kier alpha value is -1.14. The van der Waals surface area contributed by atoms with Crippen LogP contribution in [0.1, 0.15) is 33.1 Å². The Morgan fingerprint density at radius 3 is 2.86 bits per heavy atom. The lowest BCUT2D eigenvalue weighted by Gasteiger charge is -2.43. The molecule has 0 aromatic carbocycles. The molecular weight excluding hydrogens is 270 g/mol. The fraction of sp³-hybridized carbons (Fsp3) is 0.867. The molecule has 0 radical (unpaired) electrons. The standard InChI is InChI=1S/C15H27N3O3/c1-3-15(6-5-7-16-11-15)14(20)18-8-9-21-10-12(18)13(19)17-4-2/h12,16H,3-11H2,1-2H3,(H,17,19). The molecule has 2 unspecified atom stereocenters. The van der Waals surface area contributed by atoms with E-state index in [1.165, 1.54) is 0 Å². The van der Waals surface area contributed by atoms with Crippen LogP contribution in [-0.2, 0) is 14.3 Å². The molecule has 2 heterocycles. The van der Waals surface area contributed by atoms with Crippen molar-refractivity contribution < 1.29 is 14.3 Å². The van der Waals surface area contributed by atoms with E-state index in [0.29, 0.717) is 32.8 Å². The first-order valence-corrected chi connectivity index (χ1v) is 8.02. The third-order valence-electron chi connectivity index (χ3n) is 4.65. The third-order valence-corrected chi connectivity index (χ3v) is 4.65. The zero-order valence-electron chi connectivity index (χ0n) is 13.1.